The number of esters is 3. The summed E-state index contributed by atoms with van der Waals surface area (Å²) in [5, 5.41) is 17.4. The number of methoxy groups -OCH3 is 2. The van der Waals surface area contributed by atoms with Crippen molar-refractivity contribution in [3.63, 3.8) is 0 Å². The predicted octanol–water partition coefficient (Wildman–Crippen LogP) is 6.94. The van der Waals surface area contributed by atoms with E-state index in [0.717, 1.165) is 7.11 Å². The summed E-state index contributed by atoms with van der Waals surface area (Å²) in [6.45, 7) is 18.6. The van der Waals surface area contributed by atoms with E-state index in [2.05, 4.69) is 19.2 Å². The summed E-state index contributed by atoms with van der Waals surface area (Å²) in [7, 11) is 2.29. The van der Waals surface area contributed by atoms with Gasteiger partial charge in [-0.05, 0) is 22.7 Å². The van der Waals surface area contributed by atoms with Crippen molar-refractivity contribution in [3.05, 3.63) is 115 Å². The van der Waals surface area contributed by atoms with Crippen LogP contribution in [0.2, 0.25) is 0 Å². The molecule has 0 radical (unpaired) electrons. The Bertz CT molecular complexity index is 2290. The van der Waals surface area contributed by atoms with E-state index in [9.17, 15) is 54.3 Å². The number of rotatable bonds is 11. The van der Waals surface area contributed by atoms with Crippen molar-refractivity contribution in [1.29, 1.82) is 0 Å². The number of carbonyl (C=O) groups is 4. The molecule has 4 rings (SSSR count). The molecule has 2 fully saturated rings. The van der Waals surface area contributed by atoms with Crippen LogP contribution in [-0.2, 0) is 59.4 Å². The second-order valence-electron chi connectivity index (χ2n) is 14.3. The van der Waals surface area contributed by atoms with Gasteiger partial charge in [-0.25, -0.2) is 44.8 Å². The van der Waals surface area contributed by atoms with Crippen LogP contribution in [0.15, 0.2) is 23.5 Å². The molecule has 11 nitrogen and oxygen atoms in total. The maximum Gasteiger partial charge on any atom is 0.335 e. The molecule has 324 valence electrons. The average Bonchev–Trinajstić information content (AvgIpc) is 4.00. The molecule has 4 atom stereocenters. The molecule has 0 saturated heterocycles. The molecule has 2 aromatic rings. The van der Waals surface area contributed by atoms with Gasteiger partial charge in [0.15, 0.2) is 46.5 Å². The average molecular weight is 865 g/mol. The first kappa shape index (κ1) is 50.4. The maximum atomic E-state index is 14.1. The molecule has 2 aliphatic rings. The van der Waals surface area contributed by atoms with E-state index in [0.29, 0.717) is 0 Å². The third kappa shape index (κ3) is 10.7. The standard InChI is InChI=1S/C21H17F4NO4.C11H13NO4.C10H6F4O/c1-6-7-10-15(22)17(24)11(18(25)16(10)23)9-30-20(28)14-12(21(14,2)3)8-13(26-4)19(27)29-5;1-11(2)6(8(11)9(13)14)5-7(12-3)10(15)16-4;1-2-3-5-7(11)9(13)6(4-15)10(14)8(5)12/h1,8,12,14H,7,9H2,2-3,5H3;5-6,8H,1-2,4H3,(H,13,14);1,15H,3-4H2/b13-8-;7-5-;. The lowest BCUT2D eigenvalue weighted by Crippen LogP contribution is -2.14. The molecule has 0 spiro atoms. The number of aliphatic hydroxyl groups excluding tert-OH is 1. The molecule has 2 aliphatic carbocycles. The number of ether oxygens (including phenoxy) is 3. The lowest BCUT2D eigenvalue weighted by Gasteiger charge is -2.11. The van der Waals surface area contributed by atoms with Crippen molar-refractivity contribution < 1.29 is 78.7 Å². The van der Waals surface area contributed by atoms with Gasteiger partial charge in [0.1, 0.15) is 6.61 Å². The van der Waals surface area contributed by atoms with E-state index in [4.69, 9.17) is 40.9 Å². The van der Waals surface area contributed by atoms with Gasteiger partial charge in [-0.2, -0.15) is 0 Å². The summed E-state index contributed by atoms with van der Waals surface area (Å²) >= 11 is 0. The summed E-state index contributed by atoms with van der Waals surface area (Å²) in [4.78, 5) is 52.0. The number of hydrogen-bond donors (Lipinski definition) is 2. The van der Waals surface area contributed by atoms with E-state index in [1.807, 2.05) is 11.8 Å². The van der Waals surface area contributed by atoms with Gasteiger partial charge in [0.2, 0.25) is 0 Å². The van der Waals surface area contributed by atoms with Crippen LogP contribution in [0, 0.1) is 119 Å². The zero-order valence-electron chi connectivity index (χ0n) is 33.1. The zero-order chi connectivity index (χ0) is 46.9. The minimum absolute atomic E-state index is 0.149. The maximum absolute atomic E-state index is 14.1. The number of aliphatic carboxylic acids is 1. The van der Waals surface area contributed by atoms with Crippen molar-refractivity contribution in [2.45, 2.75) is 53.8 Å². The molecule has 2 N–H and O–H groups in total. The molecule has 0 amide bonds. The quantitative estimate of drug-likeness (QED) is 0.0467. The Morgan fingerprint density at radius 3 is 1.28 bits per heavy atom. The topological polar surface area (TPSA) is 145 Å². The molecular weight excluding hydrogens is 828 g/mol. The Balaban J connectivity index is 0.000000348. The summed E-state index contributed by atoms with van der Waals surface area (Å²) in [6.07, 6.45) is 11.2. The summed E-state index contributed by atoms with van der Waals surface area (Å²) in [5.41, 5.74) is -5.48. The SMILES string of the molecule is C#CCc1c(F)c(F)c(CO)c(F)c1F.[C-]#[N+]/C(=C\C1C(C(=O)O)C1(C)C)C(=O)OC.[C-]#[N+]/C(=C\C1C(C(=O)OCc2c(F)c(F)c(CC#C)c(F)c2F)C1(C)C)C(=O)OC. The zero-order valence-corrected chi connectivity index (χ0v) is 33.1. The smallest absolute Gasteiger partial charge is 0.335 e. The third-order valence-electron chi connectivity index (χ3n) is 10.0. The normalized spacial score (nSPS) is 19.1. The van der Waals surface area contributed by atoms with E-state index in [1.165, 1.54) is 19.3 Å². The van der Waals surface area contributed by atoms with Gasteiger partial charge in [-0.15, -0.1) is 24.7 Å². The van der Waals surface area contributed by atoms with Crippen molar-refractivity contribution in [2.24, 2.45) is 34.5 Å². The summed E-state index contributed by atoms with van der Waals surface area (Å²) in [6, 6.07) is 0. The summed E-state index contributed by atoms with van der Waals surface area (Å²) in [5.74, 6) is -14.9. The molecule has 0 aromatic heterocycles. The number of nitrogens with zero attached hydrogens (tertiary/aromatic N) is 2. The lowest BCUT2D eigenvalue weighted by atomic mass is 10.1. The molecule has 2 aromatic carbocycles. The second kappa shape index (κ2) is 20.5. The van der Waals surface area contributed by atoms with Gasteiger partial charge in [0.25, 0.3) is 11.4 Å². The molecule has 0 aliphatic heterocycles. The van der Waals surface area contributed by atoms with E-state index >= 15 is 0 Å². The molecule has 4 unspecified atom stereocenters. The highest BCUT2D eigenvalue weighted by atomic mass is 19.2. The van der Waals surface area contributed by atoms with Crippen LogP contribution in [-0.4, -0.2) is 48.3 Å². The monoisotopic (exact) mass is 864 g/mol. The van der Waals surface area contributed by atoms with Gasteiger partial charge >= 0.3 is 23.9 Å². The van der Waals surface area contributed by atoms with Crippen LogP contribution < -0.4 is 0 Å². The number of carboxylic acid groups (broad SMARTS) is 1. The predicted molar refractivity (Wildman–Crippen MR) is 196 cm³/mol. The first-order chi connectivity index (χ1) is 28.4. The Hall–Kier alpha value is -6.70. The van der Waals surface area contributed by atoms with Gasteiger partial charge in [-0.3, -0.25) is 19.2 Å². The molecule has 0 heterocycles. The van der Waals surface area contributed by atoms with E-state index in [1.54, 1.807) is 27.7 Å². The third-order valence-corrected chi connectivity index (χ3v) is 10.0. The molecule has 0 bridgehead atoms. The van der Waals surface area contributed by atoms with Gasteiger partial charge < -0.3 is 24.4 Å². The Morgan fingerprint density at radius 1 is 0.656 bits per heavy atom. The fourth-order valence-corrected chi connectivity index (χ4v) is 6.21. The van der Waals surface area contributed by atoms with Crippen LogP contribution in [0.3, 0.4) is 0 Å². The van der Waals surface area contributed by atoms with Crippen LogP contribution in [0.1, 0.15) is 49.9 Å². The van der Waals surface area contributed by atoms with Crippen molar-refractivity contribution in [1.82, 2.24) is 0 Å². The lowest BCUT2D eigenvalue weighted by molar-refractivity contribution is -0.148. The number of carbonyl (C=O) groups excluding carboxylic acids is 3. The number of terminal acetylenes is 2. The number of allylic oxidation sites excluding steroid dienone is 2. The number of halogens is 8. The number of benzene rings is 2. The Kier molecular flexibility index (Phi) is 17.0. The minimum atomic E-state index is -1.69. The molecule has 61 heavy (non-hydrogen) atoms. The highest BCUT2D eigenvalue weighted by molar-refractivity contribution is 5.91. The molecule has 2 saturated carbocycles. The first-order valence-electron chi connectivity index (χ1n) is 17.3. The Labute approximate surface area is 344 Å². The van der Waals surface area contributed by atoms with E-state index in [-0.39, 0.29) is 17.3 Å². The fraction of sp³-hybridized carbons (Fsp3) is 0.381. The minimum Gasteiger partial charge on any atom is -0.481 e. The Morgan fingerprint density at radius 2 is 0.984 bits per heavy atom. The van der Waals surface area contributed by atoms with Gasteiger partial charge in [0, 0.05) is 24.0 Å². The van der Waals surface area contributed by atoms with Crippen molar-refractivity contribution >= 4 is 23.9 Å². The van der Waals surface area contributed by atoms with E-state index < -0.39 is 147 Å². The van der Waals surface area contributed by atoms with Gasteiger partial charge in [-0.1, -0.05) is 39.8 Å². The van der Waals surface area contributed by atoms with Crippen LogP contribution in [0.25, 0.3) is 9.69 Å². The second-order valence-corrected chi connectivity index (χ2v) is 14.3. The number of hydrogen-bond acceptors (Lipinski definition) is 8. The fourth-order valence-electron chi connectivity index (χ4n) is 6.21. The first-order valence-corrected chi connectivity index (χ1v) is 17.3. The van der Waals surface area contributed by atoms with Crippen LogP contribution in [0.5, 0.6) is 0 Å². The highest BCUT2D eigenvalue weighted by Gasteiger charge is 2.62. The highest BCUT2D eigenvalue weighted by Crippen LogP contribution is 2.60. The van der Waals surface area contributed by atoms with Crippen molar-refractivity contribution in [3.8, 4) is 24.7 Å². The number of aliphatic hydroxyl groups is 1. The molecular formula is C42H36F8N2O9. The van der Waals surface area contributed by atoms with Crippen molar-refractivity contribution in [2.75, 3.05) is 14.2 Å². The summed E-state index contributed by atoms with van der Waals surface area (Å²) < 4.78 is 122. The number of carboxylic acids is 1. The van der Waals surface area contributed by atoms with Gasteiger partial charge in [0.05, 0.1) is 56.9 Å². The molecule has 19 heteroatoms. The van der Waals surface area contributed by atoms with Crippen LogP contribution >= 0.6 is 0 Å². The largest absolute Gasteiger partial charge is 0.481 e. The van der Waals surface area contributed by atoms with Crippen LogP contribution in [0.4, 0.5) is 35.1 Å².